The Kier molecular flexibility index (Phi) is 8.11. The highest BCUT2D eigenvalue weighted by atomic mass is 16.5. The van der Waals surface area contributed by atoms with Gasteiger partial charge in [0.05, 0.1) is 12.6 Å². The lowest BCUT2D eigenvalue weighted by atomic mass is 10.0. The van der Waals surface area contributed by atoms with E-state index < -0.39 is 24.3 Å². The van der Waals surface area contributed by atoms with Gasteiger partial charge in [-0.1, -0.05) is 25.0 Å². The van der Waals surface area contributed by atoms with E-state index in [1.54, 1.807) is 0 Å². The Labute approximate surface area is 123 Å². The lowest BCUT2D eigenvalue weighted by Gasteiger charge is -2.15. The molecule has 0 saturated heterocycles. The molecule has 118 valence electrons. The Morgan fingerprint density at radius 2 is 1.86 bits per heavy atom. The van der Waals surface area contributed by atoms with Crippen molar-refractivity contribution in [3.8, 4) is 0 Å². The molecule has 0 saturated carbocycles. The van der Waals surface area contributed by atoms with E-state index in [-0.39, 0.29) is 19.3 Å². The first-order valence-electron chi connectivity index (χ1n) is 7.11. The molecule has 0 aromatic carbocycles. The van der Waals surface area contributed by atoms with Crippen LogP contribution in [0.15, 0.2) is 12.2 Å². The van der Waals surface area contributed by atoms with Crippen LogP contribution in [0.25, 0.3) is 0 Å². The molecule has 0 fully saturated rings. The molecule has 2 amide bonds. The van der Waals surface area contributed by atoms with E-state index in [2.05, 4.69) is 16.7 Å². The first-order chi connectivity index (χ1) is 10.1. The summed E-state index contributed by atoms with van der Waals surface area (Å²) in [7, 11) is 0. The maximum Gasteiger partial charge on any atom is 0.322 e. The van der Waals surface area contributed by atoms with Crippen LogP contribution in [0.1, 0.15) is 32.1 Å². The van der Waals surface area contributed by atoms with Gasteiger partial charge in [-0.3, -0.25) is 14.4 Å². The van der Waals surface area contributed by atoms with Gasteiger partial charge >= 0.3 is 5.97 Å². The minimum Gasteiger partial charge on any atom is -0.480 e. The Bertz CT molecular complexity index is 395. The predicted octanol–water partition coefficient (Wildman–Crippen LogP) is 0.209. The van der Waals surface area contributed by atoms with Gasteiger partial charge in [0.2, 0.25) is 11.8 Å². The second kappa shape index (κ2) is 9.93. The minimum absolute atomic E-state index is 0.0584. The molecule has 1 rings (SSSR count). The number of rotatable bonds is 7. The zero-order chi connectivity index (χ0) is 15.5. The van der Waals surface area contributed by atoms with E-state index >= 15 is 0 Å². The first kappa shape index (κ1) is 17.2. The van der Waals surface area contributed by atoms with Crippen LogP contribution in [0, 0.1) is 0 Å². The summed E-state index contributed by atoms with van der Waals surface area (Å²) in [6.07, 6.45) is 9.35. The lowest BCUT2D eigenvalue weighted by molar-refractivity contribution is -0.137. The fourth-order valence-corrected chi connectivity index (χ4v) is 1.92. The molecule has 0 aliphatic heterocycles. The highest BCUT2D eigenvalue weighted by Gasteiger charge is 2.11. The van der Waals surface area contributed by atoms with Gasteiger partial charge in [-0.25, -0.2) is 0 Å². The van der Waals surface area contributed by atoms with E-state index in [1.165, 1.54) is 12.8 Å². The van der Waals surface area contributed by atoms with Gasteiger partial charge in [0.25, 0.3) is 0 Å². The number of ether oxygens (including phenoxy) is 1. The number of hydrogen-bond donors (Lipinski definition) is 3. The Balaban J connectivity index is 2.16. The van der Waals surface area contributed by atoms with Gasteiger partial charge in [0.1, 0.15) is 13.2 Å². The summed E-state index contributed by atoms with van der Waals surface area (Å²) >= 11 is 0. The zero-order valence-electron chi connectivity index (χ0n) is 12.0. The summed E-state index contributed by atoms with van der Waals surface area (Å²) in [6, 6.07) is 0. The summed E-state index contributed by atoms with van der Waals surface area (Å²) in [5, 5.41) is 12.9. The van der Waals surface area contributed by atoms with Crippen molar-refractivity contribution in [1.29, 1.82) is 0 Å². The average molecular weight is 298 g/mol. The standard InChI is InChI=1S/C14H22N2O5/c17-12(16-9-14(19)20)8-15-13(18)10-21-11-6-4-2-1-3-5-7-11/h4,6,11H,1-3,5,7-10H2,(H,15,18)(H,16,17)(H,19,20)/b6-4-. The third kappa shape index (κ3) is 8.80. The number of hydrogen-bond acceptors (Lipinski definition) is 4. The van der Waals surface area contributed by atoms with E-state index in [1.807, 2.05) is 6.08 Å². The molecule has 7 heteroatoms. The summed E-state index contributed by atoms with van der Waals surface area (Å²) in [4.78, 5) is 33.0. The van der Waals surface area contributed by atoms with E-state index in [9.17, 15) is 14.4 Å². The van der Waals surface area contributed by atoms with Crippen molar-refractivity contribution in [3.05, 3.63) is 12.2 Å². The Morgan fingerprint density at radius 1 is 1.10 bits per heavy atom. The fourth-order valence-electron chi connectivity index (χ4n) is 1.92. The number of carboxylic acid groups (broad SMARTS) is 1. The SMILES string of the molecule is O=C(O)CNC(=O)CNC(=O)COC1/C=C\CCCCC1. The van der Waals surface area contributed by atoms with Crippen LogP contribution in [0.4, 0.5) is 0 Å². The molecule has 0 radical (unpaired) electrons. The first-order valence-corrected chi connectivity index (χ1v) is 7.11. The maximum atomic E-state index is 11.5. The molecule has 0 heterocycles. The van der Waals surface area contributed by atoms with Gasteiger partial charge in [-0.05, 0) is 19.3 Å². The Morgan fingerprint density at radius 3 is 2.62 bits per heavy atom. The highest BCUT2D eigenvalue weighted by Crippen LogP contribution is 2.13. The van der Waals surface area contributed by atoms with Crippen molar-refractivity contribution in [2.24, 2.45) is 0 Å². The van der Waals surface area contributed by atoms with Crippen LogP contribution >= 0.6 is 0 Å². The second-order valence-electron chi connectivity index (χ2n) is 4.86. The minimum atomic E-state index is -1.13. The van der Waals surface area contributed by atoms with Crippen LogP contribution in [0.5, 0.6) is 0 Å². The second-order valence-corrected chi connectivity index (χ2v) is 4.86. The summed E-state index contributed by atoms with van der Waals surface area (Å²) < 4.78 is 5.49. The van der Waals surface area contributed by atoms with Gasteiger partial charge in [-0.15, -0.1) is 0 Å². The quantitative estimate of drug-likeness (QED) is 0.583. The van der Waals surface area contributed by atoms with Crippen molar-refractivity contribution in [2.45, 2.75) is 38.2 Å². The number of carbonyl (C=O) groups is 3. The van der Waals surface area contributed by atoms with Crippen molar-refractivity contribution in [2.75, 3.05) is 19.7 Å². The molecule has 0 spiro atoms. The van der Waals surface area contributed by atoms with Crippen molar-refractivity contribution in [3.63, 3.8) is 0 Å². The summed E-state index contributed by atoms with van der Waals surface area (Å²) in [6.45, 7) is -0.824. The monoisotopic (exact) mass is 298 g/mol. The maximum absolute atomic E-state index is 11.5. The molecule has 21 heavy (non-hydrogen) atoms. The topological polar surface area (TPSA) is 105 Å². The van der Waals surface area contributed by atoms with E-state index in [0.29, 0.717) is 0 Å². The molecule has 1 aliphatic rings. The van der Waals surface area contributed by atoms with Crippen LogP contribution < -0.4 is 10.6 Å². The van der Waals surface area contributed by atoms with E-state index in [4.69, 9.17) is 9.84 Å². The van der Waals surface area contributed by atoms with Crippen LogP contribution in [-0.2, 0) is 19.1 Å². The number of nitrogens with one attached hydrogen (secondary N) is 2. The molecule has 1 unspecified atom stereocenters. The van der Waals surface area contributed by atoms with Crippen LogP contribution in [-0.4, -0.2) is 48.7 Å². The van der Waals surface area contributed by atoms with Crippen LogP contribution in [0.3, 0.4) is 0 Å². The summed E-state index contributed by atoms with van der Waals surface area (Å²) in [5.74, 6) is -2.07. The van der Waals surface area contributed by atoms with Crippen molar-refractivity contribution < 1.29 is 24.2 Å². The van der Waals surface area contributed by atoms with Gasteiger partial charge < -0.3 is 20.5 Å². The smallest absolute Gasteiger partial charge is 0.322 e. The van der Waals surface area contributed by atoms with Crippen molar-refractivity contribution >= 4 is 17.8 Å². The molecule has 1 atom stereocenters. The molecule has 0 bridgehead atoms. The fraction of sp³-hybridized carbons (Fsp3) is 0.643. The van der Waals surface area contributed by atoms with Crippen LogP contribution in [0.2, 0.25) is 0 Å². The molecule has 1 aliphatic carbocycles. The molecule has 7 nitrogen and oxygen atoms in total. The average Bonchev–Trinajstić information content (AvgIpc) is 2.41. The number of carbonyl (C=O) groups excluding carboxylic acids is 2. The number of aliphatic carboxylic acids is 1. The number of amides is 2. The Hall–Kier alpha value is -1.89. The largest absolute Gasteiger partial charge is 0.480 e. The van der Waals surface area contributed by atoms with Gasteiger partial charge in [0.15, 0.2) is 0 Å². The summed E-state index contributed by atoms with van der Waals surface area (Å²) in [5.41, 5.74) is 0. The normalized spacial score (nSPS) is 19.9. The zero-order valence-corrected chi connectivity index (χ0v) is 12.0. The highest BCUT2D eigenvalue weighted by molar-refractivity contribution is 5.86. The lowest BCUT2D eigenvalue weighted by Crippen LogP contribution is -2.40. The molecule has 0 aromatic rings. The molecular formula is C14H22N2O5. The number of allylic oxidation sites excluding steroid dienone is 1. The van der Waals surface area contributed by atoms with E-state index in [0.717, 1.165) is 19.3 Å². The third-order valence-electron chi connectivity index (χ3n) is 3.02. The molecule has 0 aromatic heterocycles. The number of carboxylic acids is 1. The predicted molar refractivity (Wildman–Crippen MR) is 75.6 cm³/mol. The van der Waals surface area contributed by atoms with Gasteiger partial charge in [-0.2, -0.15) is 0 Å². The van der Waals surface area contributed by atoms with Gasteiger partial charge in [0, 0.05) is 0 Å². The third-order valence-corrected chi connectivity index (χ3v) is 3.02. The molecular weight excluding hydrogens is 276 g/mol. The van der Waals surface area contributed by atoms with Crippen molar-refractivity contribution in [1.82, 2.24) is 10.6 Å². The molecule has 3 N–H and O–H groups in total.